The SMILES string of the molecule is NCCN1CC2(CCC2)c2c(Br)cccc21. The van der Waals surface area contributed by atoms with Crippen molar-refractivity contribution < 1.29 is 0 Å². The Kier molecular flexibility index (Phi) is 2.48. The molecule has 0 amide bonds. The summed E-state index contributed by atoms with van der Waals surface area (Å²) >= 11 is 3.72. The molecule has 1 aromatic rings. The van der Waals surface area contributed by atoms with Crippen LogP contribution in [-0.4, -0.2) is 19.6 Å². The third-order valence-electron chi connectivity index (χ3n) is 4.07. The average molecular weight is 281 g/mol. The highest BCUT2D eigenvalue weighted by molar-refractivity contribution is 9.10. The van der Waals surface area contributed by atoms with E-state index in [4.69, 9.17) is 5.73 Å². The summed E-state index contributed by atoms with van der Waals surface area (Å²) in [6.45, 7) is 2.88. The normalized spacial score (nSPS) is 21.0. The Labute approximate surface area is 105 Å². The Morgan fingerprint density at radius 1 is 1.38 bits per heavy atom. The van der Waals surface area contributed by atoms with Crippen LogP contribution in [0.15, 0.2) is 22.7 Å². The molecule has 0 bridgehead atoms. The molecule has 1 spiro atoms. The summed E-state index contributed by atoms with van der Waals surface area (Å²) in [6, 6.07) is 6.54. The fraction of sp³-hybridized carbons (Fsp3) is 0.538. The lowest BCUT2D eigenvalue weighted by Crippen LogP contribution is -2.40. The van der Waals surface area contributed by atoms with E-state index in [-0.39, 0.29) is 0 Å². The van der Waals surface area contributed by atoms with Crippen molar-refractivity contribution in [1.29, 1.82) is 0 Å². The number of nitrogens with zero attached hydrogens (tertiary/aromatic N) is 1. The Bertz CT molecular complexity index is 412. The quantitative estimate of drug-likeness (QED) is 0.903. The van der Waals surface area contributed by atoms with Crippen molar-refractivity contribution in [3.8, 4) is 0 Å². The lowest BCUT2D eigenvalue weighted by Gasteiger charge is -2.39. The number of hydrogen-bond acceptors (Lipinski definition) is 2. The van der Waals surface area contributed by atoms with Crippen molar-refractivity contribution in [2.24, 2.45) is 5.73 Å². The van der Waals surface area contributed by atoms with Gasteiger partial charge in [0.25, 0.3) is 0 Å². The van der Waals surface area contributed by atoms with Crippen LogP contribution >= 0.6 is 15.9 Å². The molecule has 3 rings (SSSR count). The van der Waals surface area contributed by atoms with Gasteiger partial charge in [-0.3, -0.25) is 0 Å². The average Bonchev–Trinajstić information content (AvgIpc) is 2.55. The molecule has 0 atom stereocenters. The van der Waals surface area contributed by atoms with E-state index in [1.165, 1.54) is 41.5 Å². The van der Waals surface area contributed by atoms with Gasteiger partial charge in [0.15, 0.2) is 0 Å². The molecule has 1 fully saturated rings. The van der Waals surface area contributed by atoms with Crippen LogP contribution in [-0.2, 0) is 5.41 Å². The smallest absolute Gasteiger partial charge is 0.0417 e. The third kappa shape index (κ3) is 1.34. The molecular weight excluding hydrogens is 264 g/mol. The molecule has 1 aliphatic carbocycles. The van der Waals surface area contributed by atoms with Crippen LogP contribution in [0.1, 0.15) is 24.8 Å². The van der Waals surface area contributed by atoms with E-state index in [0.717, 1.165) is 13.1 Å². The van der Waals surface area contributed by atoms with Crippen molar-refractivity contribution in [3.63, 3.8) is 0 Å². The largest absolute Gasteiger partial charge is 0.369 e. The molecule has 2 N–H and O–H groups in total. The minimum absolute atomic E-state index is 0.435. The van der Waals surface area contributed by atoms with E-state index in [1.54, 1.807) is 0 Å². The zero-order valence-corrected chi connectivity index (χ0v) is 11.0. The summed E-state index contributed by atoms with van der Waals surface area (Å²) in [5.41, 5.74) is 9.07. The monoisotopic (exact) mass is 280 g/mol. The van der Waals surface area contributed by atoms with Gasteiger partial charge in [0, 0.05) is 35.2 Å². The van der Waals surface area contributed by atoms with Crippen LogP contribution in [0.4, 0.5) is 5.69 Å². The van der Waals surface area contributed by atoms with Gasteiger partial charge in [0.1, 0.15) is 0 Å². The minimum Gasteiger partial charge on any atom is -0.369 e. The van der Waals surface area contributed by atoms with Crippen molar-refractivity contribution in [3.05, 3.63) is 28.2 Å². The number of nitrogens with two attached hydrogens (primary N) is 1. The molecule has 1 aliphatic heterocycles. The van der Waals surface area contributed by atoms with E-state index in [9.17, 15) is 0 Å². The molecule has 1 aromatic carbocycles. The van der Waals surface area contributed by atoms with Gasteiger partial charge >= 0.3 is 0 Å². The maximum Gasteiger partial charge on any atom is 0.0417 e. The highest BCUT2D eigenvalue weighted by Gasteiger charge is 2.47. The first kappa shape index (κ1) is 10.6. The summed E-state index contributed by atoms with van der Waals surface area (Å²) < 4.78 is 1.28. The number of anilines is 1. The number of benzene rings is 1. The number of halogens is 1. The van der Waals surface area contributed by atoms with Gasteiger partial charge in [0.05, 0.1) is 0 Å². The zero-order chi connectivity index (χ0) is 11.2. The van der Waals surface area contributed by atoms with Crippen LogP contribution in [0, 0.1) is 0 Å². The summed E-state index contributed by atoms with van der Waals surface area (Å²) in [6.07, 6.45) is 4.05. The molecule has 0 unspecified atom stereocenters. The predicted molar refractivity (Wildman–Crippen MR) is 70.9 cm³/mol. The van der Waals surface area contributed by atoms with Crippen molar-refractivity contribution in [2.45, 2.75) is 24.7 Å². The molecule has 3 heteroatoms. The van der Waals surface area contributed by atoms with Crippen LogP contribution in [0.5, 0.6) is 0 Å². The molecule has 86 valence electrons. The molecule has 1 heterocycles. The second-order valence-corrected chi connectivity index (χ2v) is 5.83. The van der Waals surface area contributed by atoms with E-state index in [0.29, 0.717) is 5.41 Å². The van der Waals surface area contributed by atoms with Gasteiger partial charge in [0.2, 0.25) is 0 Å². The second-order valence-electron chi connectivity index (χ2n) is 4.98. The number of hydrogen-bond donors (Lipinski definition) is 1. The first-order chi connectivity index (χ1) is 7.77. The molecule has 2 nitrogen and oxygen atoms in total. The maximum atomic E-state index is 5.70. The number of fused-ring (bicyclic) bond motifs is 2. The van der Waals surface area contributed by atoms with E-state index < -0.39 is 0 Å². The van der Waals surface area contributed by atoms with Gasteiger partial charge in [-0.15, -0.1) is 0 Å². The summed E-state index contributed by atoms with van der Waals surface area (Å²) in [5.74, 6) is 0. The van der Waals surface area contributed by atoms with Crippen LogP contribution in [0.25, 0.3) is 0 Å². The Morgan fingerprint density at radius 2 is 2.19 bits per heavy atom. The van der Waals surface area contributed by atoms with Gasteiger partial charge < -0.3 is 10.6 Å². The van der Waals surface area contributed by atoms with Crippen molar-refractivity contribution in [1.82, 2.24) is 0 Å². The third-order valence-corrected chi connectivity index (χ3v) is 4.73. The first-order valence-electron chi connectivity index (χ1n) is 6.01. The highest BCUT2D eigenvalue weighted by Crippen LogP contribution is 2.54. The lowest BCUT2D eigenvalue weighted by molar-refractivity contribution is 0.262. The Balaban J connectivity index is 2.07. The standard InChI is InChI=1S/C13H17BrN2/c14-10-3-1-4-11-12(10)13(5-2-6-13)9-16(11)8-7-15/h1,3-4H,2,5-9,15H2. The predicted octanol–water partition coefficient (Wildman–Crippen LogP) is 2.65. The summed E-state index contributed by atoms with van der Waals surface area (Å²) in [5, 5.41) is 0. The first-order valence-corrected chi connectivity index (χ1v) is 6.80. The van der Waals surface area contributed by atoms with Gasteiger partial charge in [-0.25, -0.2) is 0 Å². The molecule has 0 saturated heterocycles. The van der Waals surface area contributed by atoms with Gasteiger partial charge in [-0.2, -0.15) is 0 Å². The maximum absolute atomic E-state index is 5.70. The van der Waals surface area contributed by atoms with Crippen molar-refractivity contribution >= 4 is 21.6 Å². The Morgan fingerprint density at radius 3 is 2.81 bits per heavy atom. The van der Waals surface area contributed by atoms with Crippen LogP contribution in [0.2, 0.25) is 0 Å². The lowest BCUT2D eigenvalue weighted by atomic mass is 9.66. The summed E-state index contributed by atoms with van der Waals surface area (Å²) in [7, 11) is 0. The minimum atomic E-state index is 0.435. The number of rotatable bonds is 2. The van der Waals surface area contributed by atoms with Crippen LogP contribution < -0.4 is 10.6 Å². The van der Waals surface area contributed by atoms with Gasteiger partial charge in [-0.05, 0) is 30.5 Å². The van der Waals surface area contributed by atoms with Gasteiger partial charge in [-0.1, -0.05) is 28.4 Å². The molecule has 2 aliphatic rings. The molecule has 0 aromatic heterocycles. The van der Waals surface area contributed by atoms with Crippen molar-refractivity contribution in [2.75, 3.05) is 24.5 Å². The van der Waals surface area contributed by atoms with E-state index in [1.807, 2.05) is 0 Å². The topological polar surface area (TPSA) is 29.3 Å². The fourth-order valence-corrected chi connectivity index (χ4v) is 3.97. The summed E-state index contributed by atoms with van der Waals surface area (Å²) in [4.78, 5) is 2.46. The fourth-order valence-electron chi connectivity index (χ4n) is 3.20. The second kappa shape index (κ2) is 3.74. The van der Waals surface area contributed by atoms with E-state index >= 15 is 0 Å². The van der Waals surface area contributed by atoms with E-state index in [2.05, 4.69) is 39.0 Å². The molecule has 0 radical (unpaired) electrons. The molecular formula is C13H17BrN2. The molecule has 1 saturated carbocycles. The highest BCUT2D eigenvalue weighted by atomic mass is 79.9. The van der Waals surface area contributed by atoms with Crippen LogP contribution in [0.3, 0.4) is 0 Å². The Hall–Kier alpha value is -0.540. The molecule has 16 heavy (non-hydrogen) atoms. The zero-order valence-electron chi connectivity index (χ0n) is 9.38.